The van der Waals surface area contributed by atoms with E-state index in [-0.39, 0.29) is 29.9 Å². The van der Waals surface area contributed by atoms with E-state index >= 15 is 0 Å². The van der Waals surface area contributed by atoms with Gasteiger partial charge in [0.1, 0.15) is 0 Å². The van der Waals surface area contributed by atoms with Crippen LogP contribution in [-0.2, 0) is 9.53 Å². The van der Waals surface area contributed by atoms with E-state index in [9.17, 15) is 9.59 Å². The van der Waals surface area contributed by atoms with Gasteiger partial charge in [-0.25, -0.2) is 0 Å². The Bertz CT molecular complexity index is 628. The summed E-state index contributed by atoms with van der Waals surface area (Å²) >= 11 is 0. The summed E-state index contributed by atoms with van der Waals surface area (Å²) in [5.74, 6) is 0.334. The predicted molar refractivity (Wildman–Crippen MR) is 96.4 cm³/mol. The zero-order chi connectivity index (χ0) is 18.0. The van der Waals surface area contributed by atoms with Crippen molar-refractivity contribution in [1.29, 1.82) is 0 Å². The van der Waals surface area contributed by atoms with Gasteiger partial charge in [0.15, 0.2) is 0 Å². The highest BCUT2D eigenvalue weighted by atomic mass is 16.5. The molecule has 2 amide bonds. The number of amides is 2. The Balaban J connectivity index is 1.57. The molecule has 1 aromatic rings. The third-order valence-corrected chi connectivity index (χ3v) is 5.24. The molecule has 0 aromatic heterocycles. The van der Waals surface area contributed by atoms with E-state index in [1.54, 1.807) is 0 Å². The first-order chi connectivity index (χ1) is 12.0. The Kier molecular flexibility index (Phi) is 5.42. The number of likely N-dealkylation sites (tertiary alicyclic amines) is 1. The number of carbonyl (C=O) groups excluding carboxylic acids is 2. The molecule has 2 fully saturated rings. The lowest BCUT2D eigenvalue weighted by Crippen LogP contribution is -2.51. The van der Waals surface area contributed by atoms with Crippen molar-refractivity contribution in [2.45, 2.75) is 45.8 Å². The first kappa shape index (κ1) is 17.9. The van der Waals surface area contributed by atoms with Crippen LogP contribution in [0.25, 0.3) is 0 Å². The summed E-state index contributed by atoms with van der Waals surface area (Å²) in [5, 5.41) is 0. The van der Waals surface area contributed by atoms with Crippen LogP contribution < -0.4 is 0 Å². The number of morpholine rings is 1. The Morgan fingerprint density at radius 2 is 1.60 bits per heavy atom. The number of aryl methyl sites for hydroxylation is 1. The predicted octanol–water partition coefficient (Wildman–Crippen LogP) is 2.48. The molecule has 0 saturated carbocycles. The zero-order valence-corrected chi connectivity index (χ0v) is 15.4. The average molecular weight is 344 g/mol. The molecule has 136 valence electrons. The minimum Gasteiger partial charge on any atom is -0.372 e. The number of benzene rings is 1. The molecule has 0 radical (unpaired) electrons. The van der Waals surface area contributed by atoms with E-state index in [0.29, 0.717) is 26.2 Å². The first-order valence-corrected chi connectivity index (χ1v) is 9.25. The minimum absolute atomic E-state index is 0.0263. The fraction of sp³-hybridized carbons (Fsp3) is 0.600. The summed E-state index contributed by atoms with van der Waals surface area (Å²) in [6.45, 7) is 8.64. The summed E-state index contributed by atoms with van der Waals surface area (Å²) in [6.07, 6.45) is 1.68. The standard InChI is InChI=1S/C20H28N2O3/c1-14-6-4-5-7-18(14)20(24)21-10-8-17(9-11-21)19(23)22-12-15(2)25-16(3)13-22/h4-7,15-17H,8-13H2,1-3H3. The van der Waals surface area contributed by atoms with Gasteiger partial charge in [-0.1, -0.05) is 18.2 Å². The number of ether oxygens (including phenoxy) is 1. The van der Waals surface area contributed by atoms with Gasteiger partial charge in [-0.3, -0.25) is 9.59 Å². The van der Waals surface area contributed by atoms with Crippen LogP contribution in [0.3, 0.4) is 0 Å². The van der Waals surface area contributed by atoms with E-state index in [1.807, 2.05) is 54.8 Å². The maximum absolute atomic E-state index is 12.8. The summed E-state index contributed by atoms with van der Waals surface area (Å²) < 4.78 is 5.72. The lowest BCUT2D eigenvalue weighted by atomic mass is 9.94. The van der Waals surface area contributed by atoms with Crippen LogP contribution in [0.4, 0.5) is 0 Å². The molecule has 0 bridgehead atoms. The average Bonchev–Trinajstić information content (AvgIpc) is 2.60. The normalized spacial score (nSPS) is 25.1. The van der Waals surface area contributed by atoms with Crippen LogP contribution in [0.15, 0.2) is 24.3 Å². The van der Waals surface area contributed by atoms with Crippen LogP contribution in [0.2, 0.25) is 0 Å². The second kappa shape index (κ2) is 7.56. The second-order valence-electron chi connectivity index (χ2n) is 7.38. The molecule has 5 heteroatoms. The van der Waals surface area contributed by atoms with Crippen molar-refractivity contribution in [3.63, 3.8) is 0 Å². The smallest absolute Gasteiger partial charge is 0.254 e. The van der Waals surface area contributed by atoms with Crippen LogP contribution >= 0.6 is 0 Å². The molecule has 2 heterocycles. The molecular weight excluding hydrogens is 316 g/mol. The van der Waals surface area contributed by atoms with Crippen molar-refractivity contribution in [3.05, 3.63) is 35.4 Å². The maximum Gasteiger partial charge on any atom is 0.254 e. The van der Waals surface area contributed by atoms with E-state index in [2.05, 4.69) is 0 Å². The zero-order valence-electron chi connectivity index (χ0n) is 15.4. The van der Waals surface area contributed by atoms with Crippen molar-refractivity contribution >= 4 is 11.8 Å². The summed E-state index contributed by atoms with van der Waals surface area (Å²) in [5.41, 5.74) is 1.77. The summed E-state index contributed by atoms with van der Waals surface area (Å²) in [4.78, 5) is 29.3. The molecule has 1 aromatic carbocycles. The quantitative estimate of drug-likeness (QED) is 0.828. The maximum atomic E-state index is 12.8. The third-order valence-electron chi connectivity index (χ3n) is 5.24. The van der Waals surface area contributed by atoms with Gasteiger partial charge in [-0.2, -0.15) is 0 Å². The number of hydrogen-bond acceptors (Lipinski definition) is 3. The molecule has 2 aliphatic heterocycles. The Morgan fingerprint density at radius 1 is 1.00 bits per heavy atom. The van der Waals surface area contributed by atoms with Crippen molar-refractivity contribution in [2.75, 3.05) is 26.2 Å². The van der Waals surface area contributed by atoms with Gasteiger partial charge in [0.25, 0.3) is 5.91 Å². The minimum atomic E-state index is 0.0263. The van der Waals surface area contributed by atoms with Gasteiger partial charge in [-0.15, -0.1) is 0 Å². The number of hydrogen-bond donors (Lipinski definition) is 0. The van der Waals surface area contributed by atoms with E-state index in [1.165, 1.54) is 0 Å². The van der Waals surface area contributed by atoms with Crippen LogP contribution in [0, 0.1) is 12.8 Å². The van der Waals surface area contributed by atoms with E-state index in [4.69, 9.17) is 4.74 Å². The van der Waals surface area contributed by atoms with Crippen molar-refractivity contribution in [1.82, 2.24) is 9.80 Å². The van der Waals surface area contributed by atoms with Gasteiger partial charge >= 0.3 is 0 Å². The highest BCUT2D eigenvalue weighted by Crippen LogP contribution is 2.23. The highest BCUT2D eigenvalue weighted by molar-refractivity contribution is 5.95. The van der Waals surface area contributed by atoms with Gasteiger partial charge in [0.2, 0.25) is 5.91 Å². The fourth-order valence-electron chi connectivity index (χ4n) is 3.93. The summed E-state index contributed by atoms with van der Waals surface area (Å²) in [7, 11) is 0. The highest BCUT2D eigenvalue weighted by Gasteiger charge is 2.33. The number of nitrogens with zero attached hydrogens (tertiary/aromatic N) is 2. The molecule has 2 saturated heterocycles. The topological polar surface area (TPSA) is 49.9 Å². The van der Waals surface area contributed by atoms with E-state index < -0.39 is 0 Å². The lowest BCUT2D eigenvalue weighted by molar-refractivity contribution is -0.148. The Morgan fingerprint density at radius 3 is 2.20 bits per heavy atom. The Hall–Kier alpha value is -1.88. The molecular formula is C20H28N2O3. The number of rotatable bonds is 2. The van der Waals surface area contributed by atoms with Gasteiger partial charge in [-0.05, 0) is 45.2 Å². The van der Waals surface area contributed by atoms with Gasteiger partial charge in [0.05, 0.1) is 12.2 Å². The number of piperidine rings is 1. The molecule has 5 nitrogen and oxygen atoms in total. The van der Waals surface area contributed by atoms with Crippen LogP contribution in [-0.4, -0.2) is 60.0 Å². The van der Waals surface area contributed by atoms with E-state index in [0.717, 1.165) is 24.0 Å². The Labute approximate surface area is 149 Å². The third kappa shape index (κ3) is 4.03. The molecule has 0 N–H and O–H groups in total. The molecule has 3 rings (SSSR count). The van der Waals surface area contributed by atoms with Crippen LogP contribution in [0.1, 0.15) is 42.6 Å². The van der Waals surface area contributed by atoms with Crippen LogP contribution in [0.5, 0.6) is 0 Å². The molecule has 0 aliphatic carbocycles. The second-order valence-corrected chi connectivity index (χ2v) is 7.38. The van der Waals surface area contributed by atoms with Crippen molar-refractivity contribution in [3.8, 4) is 0 Å². The molecule has 2 aliphatic rings. The van der Waals surface area contributed by atoms with Crippen molar-refractivity contribution < 1.29 is 14.3 Å². The number of carbonyl (C=O) groups is 2. The SMILES string of the molecule is Cc1ccccc1C(=O)N1CCC(C(=O)N2CC(C)OC(C)C2)CC1. The fourth-order valence-corrected chi connectivity index (χ4v) is 3.93. The van der Waals surface area contributed by atoms with Gasteiger partial charge < -0.3 is 14.5 Å². The molecule has 25 heavy (non-hydrogen) atoms. The largest absolute Gasteiger partial charge is 0.372 e. The van der Waals surface area contributed by atoms with Gasteiger partial charge in [0, 0.05) is 37.7 Å². The van der Waals surface area contributed by atoms with Crippen molar-refractivity contribution in [2.24, 2.45) is 5.92 Å². The molecule has 2 atom stereocenters. The lowest BCUT2D eigenvalue weighted by Gasteiger charge is -2.39. The monoisotopic (exact) mass is 344 g/mol. The molecule has 2 unspecified atom stereocenters. The summed E-state index contributed by atoms with van der Waals surface area (Å²) in [6, 6.07) is 7.69. The first-order valence-electron chi connectivity index (χ1n) is 9.25. The molecule has 0 spiro atoms.